The Morgan fingerprint density at radius 1 is 1.40 bits per heavy atom. The number of aromatic nitrogens is 2. The highest BCUT2D eigenvalue weighted by Gasteiger charge is 2.54. The van der Waals surface area contributed by atoms with E-state index in [4.69, 9.17) is 4.74 Å². The molecule has 7 heteroatoms. The summed E-state index contributed by atoms with van der Waals surface area (Å²) in [6.45, 7) is 1.55. The van der Waals surface area contributed by atoms with Crippen molar-refractivity contribution >= 4 is 22.8 Å². The summed E-state index contributed by atoms with van der Waals surface area (Å²) in [4.78, 5) is 26.3. The number of fused-ring (bicyclic) bond motifs is 2. The van der Waals surface area contributed by atoms with E-state index in [1.54, 1.807) is 9.58 Å². The standard InChI is InChI=1S/C18H21N3O4/c1-20-15-5-3-2-4-13(15)14(19-20)8-16(22)21-9-12-10-25-7-6-18(12,11-21)17(23)24/h2-5,12H,6-11H2,1H3,(H,23,24)/t12-,18+/m0/s1. The van der Waals surface area contributed by atoms with E-state index >= 15 is 0 Å². The zero-order chi connectivity index (χ0) is 17.6. The normalized spacial score (nSPS) is 26.0. The van der Waals surface area contributed by atoms with Crippen molar-refractivity contribution in [1.29, 1.82) is 0 Å². The molecule has 2 atom stereocenters. The van der Waals surface area contributed by atoms with E-state index in [0.29, 0.717) is 26.2 Å². The van der Waals surface area contributed by atoms with Crippen LogP contribution in [0.2, 0.25) is 0 Å². The zero-order valence-corrected chi connectivity index (χ0v) is 14.1. The Morgan fingerprint density at radius 2 is 2.20 bits per heavy atom. The second-order valence-corrected chi connectivity index (χ2v) is 7.02. The summed E-state index contributed by atoms with van der Waals surface area (Å²) in [5.74, 6) is -1.03. The van der Waals surface area contributed by atoms with Gasteiger partial charge in [-0.25, -0.2) is 0 Å². The molecule has 3 heterocycles. The first-order valence-corrected chi connectivity index (χ1v) is 8.51. The second-order valence-electron chi connectivity index (χ2n) is 7.02. The number of nitrogens with zero attached hydrogens (tertiary/aromatic N) is 3. The number of aliphatic carboxylic acids is 1. The van der Waals surface area contributed by atoms with Gasteiger partial charge in [0.1, 0.15) is 0 Å². The molecule has 0 saturated carbocycles. The lowest BCUT2D eigenvalue weighted by Crippen LogP contribution is -2.45. The van der Waals surface area contributed by atoms with Gasteiger partial charge in [0.2, 0.25) is 5.91 Å². The lowest BCUT2D eigenvalue weighted by Gasteiger charge is -2.33. The van der Waals surface area contributed by atoms with E-state index in [9.17, 15) is 14.7 Å². The number of ether oxygens (including phenoxy) is 1. The van der Waals surface area contributed by atoms with Gasteiger partial charge in [-0.05, 0) is 12.5 Å². The fourth-order valence-electron chi connectivity index (χ4n) is 4.16. The molecule has 1 N–H and O–H groups in total. The molecule has 4 rings (SSSR count). The van der Waals surface area contributed by atoms with Crippen LogP contribution >= 0.6 is 0 Å². The molecule has 0 bridgehead atoms. The van der Waals surface area contributed by atoms with Crippen molar-refractivity contribution < 1.29 is 19.4 Å². The Morgan fingerprint density at radius 3 is 2.96 bits per heavy atom. The third-order valence-electron chi connectivity index (χ3n) is 5.64. The Labute approximate surface area is 145 Å². The Balaban J connectivity index is 1.56. The maximum absolute atomic E-state index is 12.8. The maximum atomic E-state index is 12.8. The SMILES string of the molecule is Cn1nc(CC(=O)N2C[C@H]3COCC[C@@]3(C(=O)O)C2)c2ccccc21. The van der Waals surface area contributed by atoms with Gasteiger partial charge in [0.05, 0.1) is 29.7 Å². The van der Waals surface area contributed by atoms with Crippen LogP contribution in [0.4, 0.5) is 0 Å². The van der Waals surface area contributed by atoms with Gasteiger partial charge < -0.3 is 14.7 Å². The molecule has 0 spiro atoms. The number of carbonyl (C=O) groups is 2. The van der Waals surface area contributed by atoms with E-state index in [2.05, 4.69) is 5.10 Å². The molecule has 1 aromatic heterocycles. The fourth-order valence-corrected chi connectivity index (χ4v) is 4.16. The van der Waals surface area contributed by atoms with Gasteiger partial charge in [-0.3, -0.25) is 14.3 Å². The summed E-state index contributed by atoms with van der Waals surface area (Å²) < 4.78 is 7.22. The van der Waals surface area contributed by atoms with E-state index < -0.39 is 11.4 Å². The van der Waals surface area contributed by atoms with Crippen LogP contribution in [0.5, 0.6) is 0 Å². The lowest BCUT2D eigenvalue weighted by atomic mass is 9.74. The second kappa shape index (κ2) is 5.84. The first kappa shape index (κ1) is 16.1. The molecular weight excluding hydrogens is 322 g/mol. The van der Waals surface area contributed by atoms with Crippen LogP contribution in [0.25, 0.3) is 10.9 Å². The highest BCUT2D eigenvalue weighted by atomic mass is 16.5. The number of amides is 1. The molecule has 2 aromatic rings. The average molecular weight is 343 g/mol. The molecular formula is C18H21N3O4. The maximum Gasteiger partial charge on any atom is 0.311 e. The summed E-state index contributed by atoms with van der Waals surface area (Å²) in [5.41, 5.74) is 0.856. The molecule has 1 aromatic carbocycles. The van der Waals surface area contributed by atoms with Crippen LogP contribution in [0, 0.1) is 11.3 Å². The molecule has 25 heavy (non-hydrogen) atoms. The van der Waals surface area contributed by atoms with Crippen molar-refractivity contribution in [3.05, 3.63) is 30.0 Å². The number of rotatable bonds is 3. The van der Waals surface area contributed by atoms with Crippen LogP contribution in [-0.2, 0) is 27.8 Å². The smallest absolute Gasteiger partial charge is 0.311 e. The van der Waals surface area contributed by atoms with Gasteiger partial charge in [0.15, 0.2) is 0 Å². The van der Waals surface area contributed by atoms with Crippen LogP contribution < -0.4 is 0 Å². The summed E-state index contributed by atoms with van der Waals surface area (Å²) in [6.07, 6.45) is 0.647. The molecule has 0 radical (unpaired) electrons. The van der Waals surface area contributed by atoms with Crippen molar-refractivity contribution in [2.75, 3.05) is 26.3 Å². The van der Waals surface area contributed by atoms with Gasteiger partial charge in [-0.2, -0.15) is 5.10 Å². The summed E-state index contributed by atoms with van der Waals surface area (Å²) in [7, 11) is 1.86. The molecule has 2 aliphatic rings. The topological polar surface area (TPSA) is 84.7 Å². The fraction of sp³-hybridized carbons (Fsp3) is 0.500. The molecule has 2 saturated heterocycles. The van der Waals surface area contributed by atoms with Crippen molar-refractivity contribution in [2.45, 2.75) is 12.8 Å². The number of para-hydroxylation sites is 1. The van der Waals surface area contributed by atoms with Crippen LogP contribution in [0.3, 0.4) is 0 Å². The van der Waals surface area contributed by atoms with Crippen LogP contribution in [0.1, 0.15) is 12.1 Å². The third-order valence-corrected chi connectivity index (χ3v) is 5.64. The van der Waals surface area contributed by atoms with Crippen LogP contribution in [-0.4, -0.2) is 58.0 Å². The molecule has 0 unspecified atom stereocenters. The monoisotopic (exact) mass is 343 g/mol. The van der Waals surface area contributed by atoms with Gasteiger partial charge in [0, 0.05) is 38.0 Å². The number of carbonyl (C=O) groups excluding carboxylic acids is 1. The number of hydrogen-bond donors (Lipinski definition) is 1. The predicted octanol–water partition coefficient (Wildman–Crippen LogP) is 1.07. The molecule has 7 nitrogen and oxygen atoms in total. The van der Waals surface area contributed by atoms with E-state index in [1.807, 2.05) is 31.3 Å². The number of carboxylic acids is 1. The molecule has 132 valence electrons. The molecule has 2 fully saturated rings. The van der Waals surface area contributed by atoms with Gasteiger partial charge in [-0.15, -0.1) is 0 Å². The first-order valence-electron chi connectivity index (χ1n) is 8.51. The highest BCUT2D eigenvalue weighted by Crippen LogP contribution is 2.42. The third kappa shape index (κ3) is 2.50. The summed E-state index contributed by atoms with van der Waals surface area (Å²) >= 11 is 0. The van der Waals surface area contributed by atoms with E-state index in [0.717, 1.165) is 16.6 Å². The Bertz CT molecular complexity index is 846. The van der Waals surface area contributed by atoms with Gasteiger partial charge in [-0.1, -0.05) is 18.2 Å². The Hall–Kier alpha value is -2.41. The minimum Gasteiger partial charge on any atom is -0.481 e. The highest BCUT2D eigenvalue weighted by molar-refractivity contribution is 5.88. The summed E-state index contributed by atoms with van der Waals surface area (Å²) in [5, 5.41) is 15.2. The van der Waals surface area contributed by atoms with Crippen molar-refractivity contribution in [3.8, 4) is 0 Å². The largest absolute Gasteiger partial charge is 0.481 e. The van der Waals surface area contributed by atoms with Crippen LogP contribution in [0.15, 0.2) is 24.3 Å². The number of likely N-dealkylation sites (tertiary alicyclic amines) is 1. The minimum atomic E-state index is -0.861. The van der Waals surface area contributed by atoms with E-state index in [-0.39, 0.29) is 24.8 Å². The first-order chi connectivity index (χ1) is 12.0. The summed E-state index contributed by atoms with van der Waals surface area (Å²) in [6, 6.07) is 7.80. The molecule has 2 aliphatic heterocycles. The number of hydrogen-bond acceptors (Lipinski definition) is 4. The number of benzene rings is 1. The van der Waals surface area contributed by atoms with Crippen molar-refractivity contribution in [3.63, 3.8) is 0 Å². The number of aryl methyl sites for hydroxylation is 1. The van der Waals surface area contributed by atoms with Crippen molar-refractivity contribution in [2.24, 2.45) is 18.4 Å². The average Bonchev–Trinajstić information content (AvgIpc) is 3.15. The number of carboxylic acid groups (broad SMARTS) is 1. The van der Waals surface area contributed by atoms with Gasteiger partial charge >= 0.3 is 5.97 Å². The van der Waals surface area contributed by atoms with Gasteiger partial charge in [0.25, 0.3) is 0 Å². The lowest BCUT2D eigenvalue weighted by molar-refractivity contribution is -0.157. The zero-order valence-electron chi connectivity index (χ0n) is 14.1. The van der Waals surface area contributed by atoms with E-state index in [1.165, 1.54) is 0 Å². The molecule has 1 amide bonds. The minimum absolute atomic E-state index is 0.0705. The molecule has 0 aliphatic carbocycles. The quantitative estimate of drug-likeness (QED) is 0.901. The Kier molecular flexibility index (Phi) is 3.76. The van der Waals surface area contributed by atoms with Crippen molar-refractivity contribution in [1.82, 2.24) is 14.7 Å². The predicted molar refractivity (Wildman–Crippen MR) is 90.0 cm³/mol.